The van der Waals surface area contributed by atoms with E-state index in [1.807, 2.05) is 78.2 Å². The first-order chi connectivity index (χ1) is 15.1. The predicted molar refractivity (Wildman–Crippen MR) is 122 cm³/mol. The van der Waals surface area contributed by atoms with Crippen LogP contribution in [0, 0.1) is 0 Å². The number of benzene rings is 3. The average Bonchev–Trinajstić information content (AvgIpc) is 3.15. The molecule has 4 rings (SSSR count). The van der Waals surface area contributed by atoms with Crippen LogP contribution in [0.3, 0.4) is 0 Å². The molecular formula is C25H24N4O2. The lowest BCUT2D eigenvalue weighted by molar-refractivity contribution is -0.121. The largest absolute Gasteiger partial charge is 0.497 e. The molecule has 6 nitrogen and oxygen atoms in total. The highest BCUT2D eigenvalue weighted by Gasteiger charge is 2.14. The third-order valence-electron chi connectivity index (χ3n) is 5.10. The Hall–Kier alpha value is -3.93. The monoisotopic (exact) mass is 412 g/mol. The van der Waals surface area contributed by atoms with Crippen molar-refractivity contribution in [3.8, 4) is 5.75 Å². The van der Waals surface area contributed by atoms with E-state index in [1.165, 1.54) is 0 Å². The molecule has 0 aliphatic rings. The van der Waals surface area contributed by atoms with E-state index in [9.17, 15) is 4.79 Å². The van der Waals surface area contributed by atoms with Gasteiger partial charge in [-0.15, -0.1) is 0 Å². The zero-order chi connectivity index (χ0) is 21.6. The number of carbonyl (C=O) groups is 1. The van der Waals surface area contributed by atoms with Crippen molar-refractivity contribution in [2.75, 3.05) is 7.11 Å². The van der Waals surface area contributed by atoms with Crippen LogP contribution in [-0.2, 0) is 17.8 Å². The Balaban J connectivity index is 1.53. The average molecular weight is 412 g/mol. The van der Waals surface area contributed by atoms with E-state index in [-0.39, 0.29) is 12.5 Å². The van der Waals surface area contributed by atoms with Crippen LogP contribution in [0.2, 0.25) is 0 Å². The zero-order valence-electron chi connectivity index (χ0n) is 17.6. The molecule has 0 aliphatic heterocycles. The molecule has 1 N–H and O–H groups in total. The molecule has 1 heterocycles. The molecule has 0 spiro atoms. The second-order valence-corrected chi connectivity index (χ2v) is 7.23. The van der Waals surface area contributed by atoms with Gasteiger partial charge in [0.15, 0.2) is 0 Å². The summed E-state index contributed by atoms with van der Waals surface area (Å²) in [5.74, 6) is 1.42. The van der Waals surface area contributed by atoms with Crippen LogP contribution in [0.15, 0.2) is 84.0 Å². The summed E-state index contributed by atoms with van der Waals surface area (Å²) in [4.78, 5) is 17.5. The Morgan fingerprint density at radius 2 is 1.71 bits per heavy atom. The summed E-state index contributed by atoms with van der Waals surface area (Å²) < 4.78 is 7.13. The smallest absolute Gasteiger partial charge is 0.260 e. The maximum absolute atomic E-state index is 12.7. The highest BCUT2D eigenvalue weighted by Crippen LogP contribution is 2.18. The minimum Gasteiger partial charge on any atom is -0.497 e. The fraction of sp³-hybridized carbons (Fsp3) is 0.160. The van der Waals surface area contributed by atoms with Crippen molar-refractivity contribution < 1.29 is 9.53 Å². The number of para-hydroxylation sites is 2. The van der Waals surface area contributed by atoms with Crippen LogP contribution in [0.1, 0.15) is 23.9 Å². The molecule has 0 atom stereocenters. The van der Waals surface area contributed by atoms with Crippen LogP contribution in [-0.4, -0.2) is 28.3 Å². The number of imidazole rings is 1. The van der Waals surface area contributed by atoms with E-state index in [0.29, 0.717) is 6.42 Å². The van der Waals surface area contributed by atoms with Crippen LogP contribution in [0.5, 0.6) is 5.75 Å². The van der Waals surface area contributed by atoms with Gasteiger partial charge in [0.05, 0.1) is 23.9 Å². The molecule has 31 heavy (non-hydrogen) atoms. The van der Waals surface area contributed by atoms with E-state index >= 15 is 0 Å². The van der Waals surface area contributed by atoms with E-state index in [0.717, 1.165) is 39.4 Å². The van der Waals surface area contributed by atoms with Gasteiger partial charge in [0, 0.05) is 6.42 Å². The molecule has 1 amide bonds. The number of aromatic nitrogens is 2. The van der Waals surface area contributed by atoms with E-state index in [2.05, 4.69) is 22.7 Å². The van der Waals surface area contributed by atoms with Crippen molar-refractivity contribution in [1.29, 1.82) is 0 Å². The van der Waals surface area contributed by atoms with Gasteiger partial charge >= 0.3 is 0 Å². The summed E-state index contributed by atoms with van der Waals surface area (Å²) in [7, 11) is 1.63. The quantitative estimate of drug-likeness (QED) is 0.366. The van der Waals surface area contributed by atoms with Crippen molar-refractivity contribution in [2.45, 2.75) is 19.9 Å². The number of fused-ring (bicyclic) bond motifs is 1. The van der Waals surface area contributed by atoms with Crippen LogP contribution in [0.4, 0.5) is 0 Å². The van der Waals surface area contributed by atoms with Crippen molar-refractivity contribution in [3.63, 3.8) is 0 Å². The maximum atomic E-state index is 12.7. The van der Waals surface area contributed by atoms with Gasteiger partial charge in [-0.3, -0.25) is 4.79 Å². The van der Waals surface area contributed by atoms with Gasteiger partial charge in [0.2, 0.25) is 0 Å². The van der Waals surface area contributed by atoms with Gasteiger partial charge in [-0.1, -0.05) is 42.5 Å². The normalized spacial score (nSPS) is 11.5. The van der Waals surface area contributed by atoms with Gasteiger partial charge in [-0.2, -0.15) is 5.10 Å². The minimum absolute atomic E-state index is 0.141. The fourth-order valence-electron chi connectivity index (χ4n) is 3.44. The Morgan fingerprint density at radius 1 is 1.00 bits per heavy atom. The van der Waals surface area contributed by atoms with Gasteiger partial charge in [-0.05, 0) is 54.4 Å². The number of hydrogen-bond acceptors (Lipinski definition) is 4. The molecule has 3 aromatic carbocycles. The molecule has 6 heteroatoms. The first-order valence-corrected chi connectivity index (χ1v) is 10.1. The summed E-state index contributed by atoms with van der Waals surface area (Å²) in [5.41, 5.74) is 7.26. The number of rotatable bonds is 7. The Bertz CT molecular complexity index is 1210. The first kappa shape index (κ1) is 20.3. The second kappa shape index (κ2) is 9.26. The lowest BCUT2D eigenvalue weighted by Gasteiger charge is -2.09. The van der Waals surface area contributed by atoms with Crippen LogP contribution < -0.4 is 10.2 Å². The van der Waals surface area contributed by atoms with E-state index in [4.69, 9.17) is 9.72 Å². The molecule has 0 bridgehead atoms. The number of nitrogens with one attached hydrogen (secondary N) is 1. The van der Waals surface area contributed by atoms with Gasteiger partial charge < -0.3 is 9.30 Å². The molecule has 0 saturated carbocycles. The lowest BCUT2D eigenvalue weighted by atomic mass is 10.1. The summed E-state index contributed by atoms with van der Waals surface area (Å²) >= 11 is 0. The predicted octanol–water partition coefficient (Wildman–Crippen LogP) is 4.18. The Morgan fingerprint density at radius 3 is 2.45 bits per heavy atom. The second-order valence-electron chi connectivity index (χ2n) is 7.23. The third kappa shape index (κ3) is 4.80. The summed E-state index contributed by atoms with van der Waals surface area (Å²) in [6.45, 7) is 2.00. The highest BCUT2D eigenvalue weighted by molar-refractivity contribution is 5.99. The minimum atomic E-state index is -0.203. The summed E-state index contributed by atoms with van der Waals surface area (Å²) in [5, 5.41) is 4.27. The molecular weight excluding hydrogens is 388 g/mol. The molecule has 156 valence electrons. The van der Waals surface area contributed by atoms with Crippen molar-refractivity contribution in [3.05, 3.63) is 95.8 Å². The summed E-state index contributed by atoms with van der Waals surface area (Å²) in [6.07, 6.45) is 0.650. The van der Waals surface area contributed by atoms with Gasteiger partial charge in [-0.25, -0.2) is 10.4 Å². The number of methoxy groups -OCH3 is 1. The number of hydrazone groups is 1. The van der Waals surface area contributed by atoms with Crippen LogP contribution in [0.25, 0.3) is 11.0 Å². The molecule has 0 saturated heterocycles. The number of carbonyl (C=O) groups excluding carboxylic acids is 1. The van der Waals surface area contributed by atoms with E-state index < -0.39 is 0 Å². The fourth-order valence-corrected chi connectivity index (χ4v) is 3.44. The number of amides is 1. The molecule has 1 aromatic heterocycles. The molecule has 0 unspecified atom stereocenters. The number of hydrogen-bond donors (Lipinski definition) is 1. The molecule has 4 aromatic rings. The maximum Gasteiger partial charge on any atom is 0.260 e. The molecule has 0 radical (unpaired) electrons. The third-order valence-corrected chi connectivity index (χ3v) is 5.10. The van der Waals surface area contributed by atoms with Gasteiger partial charge in [0.1, 0.15) is 18.1 Å². The van der Waals surface area contributed by atoms with Crippen molar-refractivity contribution in [1.82, 2.24) is 15.0 Å². The zero-order valence-corrected chi connectivity index (χ0v) is 17.6. The Labute approximate surface area is 181 Å². The number of ether oxygens (including phenoxy) is 1. The highest BCUT2D eigenvalue weighted by atomic mass is 16.5. The van der Waals surface area contributed by atoms with Gasteiger partial charge in [0.25, 0.3) is 5.91 Å². The Kier molecular flexibility index (Phi) is 6.08. The van der Waals surface area contributed by atoms with Crippen LogP contribution >= 0.6 is 0 Å². The summed E-state index contributed by atoms with van der Waals surface area (Å²) in [6, 6.07) is 25.5. The molecule has 0 aliphatic carbocycles. The van der Waals surface area contributed by atoms with Crippen molar-refractivity contribution in [2.24, 2.45) is 5.10 Å². The molecule has 0 fully saturated rings. The first-order valence-electron chi connectivity index (χ1n) is 10.1. The standard InChI is InChI=1S/C25H24N4O2/c1-18(20-12-14-21(31-2)15-13-20)27-28-25(30)17-29-23-11-7-6-10-22(23)26-24(29)16-19-8-4-3-5-9-19/h3-15H,16-17H2,1-2H3,(H,28,30). The lowest BCUT2D eigenvalue weighted by Crippen LogP contribution is -2.25. The SMILES string of the molecule is COc1ccc(C(C)=NNC(=O)Cn2c(Cc3ccccc3)nc3ccccc32)cc1. The topological polar surface area (TPSA) is 68.5 Å². The number of nitrogens with zero attached hydrogens (tertiary/aromatic N) is 3. The van der Waals surface area contributed by atoms with Crippen molar-refractivity contribution >= 4 is 22.7 Å². The van der Waals surface area contributed by atoms with E-state index in [1.54, 1.807) is 7.11 Å².